The summed E-state index contributed by atoms with van der Waals surface area (Å²) in [5.41, 5.74) is 0. The van der Waals surface area contributed by atoms with Crippen molar-refractivity contribution in [1.82, 2.24) is 15.1 Å². The van der Waals surface area contributed by atoms with Crippen molar-refractivity contribution in [1.29, 1.82) is 0 Å². The summed E-state index contributed by atoms with van der Waals surface area (Å²) in [4.78, 5) is 16.2. The molecule has 0 unspecified atom stereocenters. The number of amides is 1. The third-order valence-corrected chi connectivity index (χ3v) is 4.17. The average Bonchev–Trinajstić information content (AvgIpc) is 3.08. The molecule has 1 amide bonds. The zero-order valence-electron chi connectivity index (χ0n) is 14.2. The van der Waals surface area contributed by atoms with Crippen molar-refractivity contribution in [3.05, 3.63) is 30.3 Å². The third-order valence-electron chi connectivity index (χ3n) is 4.17. The summed E-state index contributed by atoms with van der Waals surface area (Å²) in [6.45, 7) is 6.04. The number of ether oxygens (including phenoxy) is 1. The summed E-state index contributed by atoms with van der Waals surface area (Å²) in [5.74, 6) is 0.955. The van der Waals surface area contributed by atoms with Crippen LogP contribution in [0, 0.1) is 0 Å². The number of carbonyl (C=O) groups excluding carboxylic acids is 1. The monoisotopic (exact) mass is 319 g/mol. The Balaban J connectivity index is 1.49. The van der Waals surface area contributed by atoms with Crippen LogP contribution in [0.1, 0.15) is 19.3 Å². The van der Waals surface area contributed by atoms with Crippen LogP contribution >= 0.6 is 0 Å². The minimum atomic E-state index is 0.114. The molecule has 0 spiro atoms. The molecule has 1 aromatic carbocycles. The first kappa shape index (κ1) is 17.8. The van der Waals surface area contributed by atoms with Gasteiger partial charge in [0.15, 0.2) is 0 Å². The molecule has 0 bridgehead atoms. The zero-order valence-corrected chi connectivity index (χ0v) is 14.2. The second-order valence-electron chi connectivity index (χ2n) is 6.06. The summed E-state index contributed by atoms with van der Waals surface area (Å²) in [5, 5.41) is 3.24. The van der Waals surface area contributed by atoms with Gasteiger partial charge < -0.3 is 19.9 Å². The first-order chi connectivity index (χ1) is 11.3. The third kappa shape index (κ3) is 7.01. The van der Waals surface area contributed by atoms with Crippen LogP contribution in [0.25, 0.3) is 0 Å². The van der Waals surface area contributed by atoms with E-state index in [4.69, 9.17) is 4.74 Å². The van der Waals surface area contributed by atoms with Crippen LogP contribution in [0.15, 0.2) is 30.3 Å². The van der Waals surface area contributed by atoms with Crippen molar-refractivity contribution in [3.8, 4) is 5.75 Å². The van der Waals surface area contributed by atoms with Crippen LogP contribution in [0.2, 0.25) is 0 Å². The van der Waals surface area contributed by atoms with Gasteiger partial charge in [-0.1, -0.05) is 18.2 Å². The summed E-state index contributed by atoms with van der Waals surface area (Å²) in [7, 11) is 1.82. The molecule has 1 aromatic rings. The molecule has 2 rings (SSSR count). The van der Waals surface area contributed by atoms with E-state index in [9.17, 15) is 4.79 Å². The van der Waals surface area contributed by atoms with E-state index in [-0.39, 0.29) is 5.91 Å². The van der Waals surface area contributed by atoms with Crippen LogP contribution in [-0.4, -0.2) is 68.6 Å². The maximum atomic E-state index is 12.0. The number of hydrogen-bond acceptors (Lipinski definition) is 4. The minimum absolute atomic E-state index is 0.114. The molecule has 1 aliphatic heterocycles. The van der Waals surface area contributed by atoms with Crippen molar-refractivity contribution < 1.29 is 9.53 Å². The van der Waals surface area contributed by atoms with Gasteiger partial charge in [-0.3, -0.25) is 4.79 Å². The highest BCUT2D eigenvalue weighted by Crippen LogP contribution is 2.08. The van der Waals surface area contributed by atoms with Gasteiger partial charge in [0.25, 0.3) is 0 Å². The standard InChI is InChI=1S/C18H29N3O2/c1-20(14-15-23-17-8-3-2-4-9-17)18(22)16-19-10-7-13-21-11-5-6-12-21/h2-4,8-9,19H,5-7,10-16H2,1H3. The second kappa shape index (κ2) is 10.2. The van der Waals surface area contributed by atoms with Gasteiger partial charge in [-0.15, -0.1) is 0 Å². The van der Waals surface area contributed by atoms with Gasteiger partial charge in [0.2, 0.25) is 5.91 Å². The predicted molar refractivity (Wildman–Crippen MR) is 92.7 cm³/mol. The highest BCUT2D eigenvalue weighted by atomic mass is 16.5. The lowest BCUT2D eigenvalue weighted by Crippen LogP contribution is -2.38. The number of rotatable bonds is 10. The Morgan fingerprint density at radius 1 is 1.26 bits per heavy atom. The van der Waals surface area contributed by atoms with E-state index >= 15 is 0 Å². The van der Waals surface area contributed by atoms with Gasteiger partial charge in [0.05, 0.1) is 13.1 Å². The van der Waals surface area contributed by atoms with Crippen LogP contribution in [0.4, 0.5) is 0 Å². The Kier molecular flexibility index (Phi) is 7.90. The minimum Gasteiger partial charge on any atom is -0.492 e. The summed E-state index contributed by atoms with van der Waals surface area (Å²) >= 11 is 0. The number of hydrogen-bond donors (Lipinski definition) is 1. The van der Waals surface area contributed by atoms with Gasteiger partial charge in [-0.2, -0.15) is 0 Å². The SMILES string of the molecule is CN(CCOc1ccccc1)C(=O)CNCCCN1CCCC1. The first-order valence-electron chi connectivity index (χ1n) is 8.60. The number of para-hydroxylation sites is 1. The van der Waals surface area contributed by atoms with Gasteiger partial charge in [0, 0.05) is 7.05 Å². The van der Waals surface area contributed by atoms with Gasteiger partial charge in [-0.05, 0) is 57.6 Å². The van der Waals surface area contributed by atoms with E-state index in [0.717, 1.165) is 25.3 Å². The van der Waals surface area contributed by atoms with Crippen molar-refractivity contribution in [2.24, 2.45) is 0 Å². The maximum absolute atomic E-state index is 12.0. The van der Waals surface area contributed by atoms with Crippen LogP contribution in [0.5, 0.6) is 5.75 Å². The molecular formula is C18H29N3O2. The van der Waals surface area contributed by atoms with Crippen molar-refractivity contribution in [3.63, 3.8) is 0 Å². The summed E-state index contributed by atoms with van der Waals surface area (Å²) in [6.07, 6.45) is 3.78. The molecule has 0 atom stereocenters. The Labute approximate surface area is 139 Å². The second-order valence-corrected chi connectivity index (χ2v) is 6.06. The van der Waals surface area contributed by atoms with Crippen LogP contribution < -0.4 is 10.1 Å². The number of carbonyl (C=O) groups is 1. The Bertz CT molecular complexity index is 447. The normalized spacial score (nSPS) is 14.8. The predicted octanol–water partition coefficient (Wildman–Crippen LogP) is 1.60. The lowest BCUT2D eigenvalue weighted by Gasteiger charge is -2.18. The molecule has 1 N–H and O–H groups in total. The van der Waals surface area contributed by atoms with Crippen LogP contribution in [-0.2, 0) is 4.79 Å². The molecule has 1 heterocycles. The van der Waals surface area contributed by atoms with E-state index in [1.54, 1.807) is 4.90 Å². The number of benzene rings is 1. The molecule has 0 radical (unpaired) electrons. The van der Waals surface area contributed by atoms with E-state index in [0.29, 0.717) is 19.7 Å². The first-order valence-corrected chi connectivity index (χ1v) is 8.60. The van der Waals surface area contributed by atoms with Crippen molar-refractivity contribution in [2.45, 2.75) is 19.3 Å². The smallest absolute Gasteiger partial charge is 0.236 e. The van der Waals surface area contributed by atoms with Crippen molar-refractivity contribution in [2.75, 3.05) is 52.9 Å². The number of likely N-dealkylation sites (tertiary alicyclic amines) is 1. The molecule has 1 aliphatic rings. The number of likely N-dealkylation sites (N-methyl/N-ethyl adjacent to an activating group) is 1. The largest absolute Gasteiger partial charge is 0.492 e. The van der Waals surface area contributed by atoms with Gasteiger partial charge in [0.1, 0.15) is 12.4 Å². The molecule has 0 saturated carbocycles. The fraction of sp³-hybridized carbons (Fsp3) is 0.611. The van der Waals surface area contributed by atoms with E-state index < -0.39 is 0 Å². The number of nitrogens with zero attached hydrogens (tertiary/aromatic N) is 2. The molecule has 128 valence electrons. The lowest BCUT2D eigenvalue weighted by atomic mass is 10.3. The highest BCUT2D eigenvalue weighted by Gasteiger charge is 2.11. The Hall–Kier alpha value is -1.59. The van der Waals surface area contributed by atoms with Gasteiger partial charge in [-0.25, -0.2) is 0 Å². The molecule has 1 saturated heterocycles. The quantitative estimate of drug-likeness (QED) is 0.665. The maximum Gasteiger partial charge on any atom is 0.236 e. The molecule has 23 heavy (non-hydrogen) atoms. The van der Waals surface area contributed by atoms with E-state index in [2.05, 4.69) is 10.2 Å². The molecule has 5 heteroatoms. The molecule has 5 nitrogen and oxygen atoms in total. The zero-order chi connectivity index (χ0) is 16.3. The summed E-state index contributed by atoms with van der Waals surface area (Å²) < 4.78 is 5.61. The van der Waals surface area contributed by atoms with Crippen molar-refractivity contribution >= 4 is 5.91 Å². The molecule has 0 aromatic heterocycles. The fourth-order valence-corrected chi connectivity index (χ4v) is 2.71. The molecule has 1 fully saturated rings. The van der Waals surface area contributed by atoms with E-state index in [1.165, 1.54) is 25.9 Å². The summed E-state index contributed by atoms with van der Waals surface area (Å²) in [6, 6.07) is 9.68. The Morgan fingerprint density at radius 2 is 2.00 bits per heavy atom. The fourth-order valence-electron chi connectivity index (χ4n) is 2.71. The van der Waals surface area contributed by atoms with E-state index in [1.807, 2.05) is 37.4 Å². The lowest BCUT2D eigenvalue weighted by molar-refractivity contribution is -0.129. The molecular weight excluding hydrogens is 290 g/mol. The average molecular weight is 319 g/mol. The van der Waals surface area contributed by atoms with Crippen LogP contribution in [0.3, 0.4) is 0 Å². The van der Waals surface area contributed by atoms with Gasteiger partial charge >= 0.3 is 0 Å². The molecule has 0 aliphatic carbocycles. The topological polar surface area (TPSA) is 44.8 Å². The number of nitrogens with one attached hydrogen (secondary N) is 1. The highest BCUT2D eigenvalue weighted by molar-refractivity contribution is 5.77. The Morgan fingerprint density at radius 3 is 2.74 bits per heavy atom.